The Hall–Kier alpha value is -0.320. The van der Waals surface area contributed by atoms with Crippen molar-refractivity contribution in [3.05, 3.63) is 49.6 Å². The van der Waals surface area contributed by atoms with Crippen LogP contribution in [0.25, 0.3) is 0 Å². The summed E-state index contributed by atoms with van der Waals surface area (Å²) < 4.78 is 3.58. The average molecular weight is 364 g/mol. The topological polar surface area (TPSA) is 17.8 Å². The Kier molecular flexibility index (Phi) is 3.72. The van der Waals surface area contributed by atoms with Gasteiger partial charge in [0.15, 0.2) is 0 Å². The van der Waals surface area contributed by atoms with Gasteiger partial charge in [0.1, 0.15) is 9.21 Å². The molecule has 2 aromatic rings. The molecule has 0 saturated carbocycles. The maximum Gasteiger partial charge on any atom is 0.129 e. The molecule has 0 atom stereocenters. The van der Waals surface area contributed by atoms with Crippen molar-refractivity contribution in [3.63, 3.8) is 0 Å². The number of nitrogens with zero attached hydrogens (tertiary/aromatic N) is 2. The Morgan fingerprint density at radius 2 is 2.06 bits per heavy atom. The normalized spacial score (nSPS) is 10.8. The maximum atomic E-state index is 6.17. The monoisotopic (exact) mass is 362 g/mol. The molecule has 0 spiro atoms. The Bertz CT molecular complexity index is 523. The lowest BCUT2D eigenvalue weighted by molar-refractivity contribution is 0.667. The second-order valence-corrected chi connectivity index (χ2v) is 5.57. The quantitative estimate of drug-likeness (QED) is 0.771. The van der Waals surface area contributed by atoms with E-state index in [0.717, 1.165) is 25.4 Å². The number of benzene rings is 1. The second-order valence-electron chi connectivity index (χ2n) is 3.54. The third kappa shape index (κ3) is 2.67. The third-order valence-electron chi connectivity index (χ3n) is 2.23. The van der Waals surface area contributed by atoms with Crippen molar-refractivity contribution in [3.8, 4) is 0 Å². The van der Waals surface area contributed by atoms with Crippen LogP contribution in [0.2, 0.25) is 5.02 Å². The molecule has 1 aromatic carbocycles. The Labute approximate surface area is 116 Å². The minimum absolute atomic E-state index is 0.658. The van der Waals surface area contributed by atoms with E-state index in [1.165, 1.54) is 0 Å². The van der Waals surface area contributed by atoms with E-state index in [1.54, 1.807) is 0 Å². The van der Waals surface area contributed by atoms with E-state index in [4.69, 9.17) is 11.6 Å². The SMILES string of the molecule is Cc1ccc(Cn2nc(Br)cc2Br)c(Cl)c1. The number of aromatic nitrogens is 2. The van der Waals surface area contributed by atoms with Crippen LogP contribution >= 0.6 is 43.5 Å². The van der Waals surface area contributed by atoms with E-state index in [0.29, 0.717) is 6.54 Å². The van der Waals surface area contributed by atoms with Crippen LogP contribution in [0.15, 0.2) is 33.5 Å². The number of hydrogen-bond donors (Lipinski definition) is 0. The molecule has 0 unspecified atom stereocenters. The summed E-state index contributed by atoms with van der Waals surface area (Å²) in [4.78, 5) is 0. The molecule has 1 heterocycles. The first-order valence-corrected chi connectivity index (χ1v) is 6.66. The largest absolute Gasteiger partial charge is 0.253 e. The van der Waals surface area contributed by atoms with Gasteiger partial charge in [-0.1, -0.05) is 23.7 Å². The molecule has 0 saturated heterocycles. The standard InChI is InChI=1S/C11H9Br2ClN2/c1-7-2-3-8(9(14)4-7)6-16-11(13)5-10(12)15-16/h2-5H,6H2,1H3. The molecule has 84 valence electrons. The van der Waals surface area contributed by atoms with Crippen LogP contribution in [-0.4, -0.2) is 9.78 Å². The zero-order chi connectivity index (χ0) is 11.7. The lowest BCUT2D eigenvalue weighted by atomic mass is 10.1. The van der Waals surface area contributed by atoms with Crippen molar-refractivity contribution >= 4 is 43.5 Å². The van der Waals surface area contributed by atoms with Crippen LogP contribution in [0.1, 0.15) is 11.1 Å². The van der Waals surface area contributed by atoms with Crippen LogP contribution in [-0.2, 0) is 6.54 Å². The van der Waals surface area contributed by atoms with Gasteiger partial charge in [0.2, 0.25) is 0 Å². The van der Waals surface area contributed by atoms with Gasteiger partial charge in [-0.25, -0.2) is 0 Å². The number of hydrogen-bond acceptors (Lipinski definition) is 1. The van der Waals surface area contributed by atoms with Crippen LogP contribution in [0.5, 0.6) is 0 Å². The summed E-state index contributed by atoms with van der Waals surface area (Å²) in [6, 6.07) is 7.94. The molecule has 0 amide bonds. The van der Waals surface area contributed by atoms with Crippen LogP contribution in [0, 0.1) is 6.92 Å². The van der Waals surface area contributed by atoms with Gasteiger partial charge >= 0.3 is 0 Å². The van der Waals surface area contributed by atoms with Gasteiger partial charge in [0.25, 0.3) is 0 Å². The predicted molar refractivity (Wildman–Crippen MR) is 72.9 cm³/mol. The van der Waals surface area contributed by atoms with Gasteiger partial charge in [-0.15, -0.1) is 0 Å². The maximum absolute atomic E-state index is 6.17. The van der Waals surface area contributed by atoms with Crippen LogP contribution < -0.4 is 0 Å². The van der Waals surface area contributed by atoms with Crippen molar-refractivity contribution < 1.29 is 0 Å². The third-order valence-corrected chi connectivity index (χ3v) is 3.61. The molecule has 0 fully saturated rings. The van der Waals surface area contributed by atoms with Crippen molar-refractivity contribution in [2.45, 2.75) is 13.5 Å². The minimum atomic E-state index is 0.658. The number of halogens is 3. The number of aryl methyl sites for hydroxylation is 1. The fraction of sp³-hybridized carbons (Fsp3) is 0.182. The van der Waals surface area contributed by atoms with Gasteiger partial charge in [0, 0.05) is 11.1 Å². The van der Waals surface area contributed by atoms with Gasteiger partial charge in [-0.2, -0.15) is 5.10 Å². The fourth-order valence-electron chi connectivity index (χ4n) is 1.42. The first kappa shape index (κ1) is 12.1. The van der Waals surface area contributed by atoms with Gasteiger partial charge in [-0.3, -0.25) is 4.68 Å². The molecule has 5 heteroatoms. The zero-order valence-electron chi connectivity index (χ0n) is 8.54. The molecule has 0 radical (unpaired) electrons. The van der Waals surface area contributed by atoms with Gasteiger partial charge in [0.05, 0.1) is 6.54 Å². The van der Waals surface area contributed by atoms with E-state index >= 15 is 0 Å². The van der Waals surface area contributed by atoms with Crippen molar-refractivity contribution in [2.24, 2.45) is 0 Å². The molecule has 2 nitrogen and oxygen atoms in total. The van der Waals surface area contributed by atoms with Gasteiger partial charge < -0.3 is 0 Å². The minimum Gasteiger partial charge on any atom is -0.253 e. The van der Waals surface area contributed by atoms with E-state index in [-0.39, 0.29) is 0 Å². The van der Waals surface area contributed by atoms with Crippen molar-refractivity contribution in [1.82, 2.24) is 9.78 Å². The Morgan fingerprint density at radius 1 is 1.31 bits per heavy atom. The van der Waals surface area contributed by atoms with Gasteiger partial charge in [-0.05, 0) is 56.0 Å². The average Bonchev–Trinajstić information content (AvgIpc) is 2.50. The first-order valence-electron chi connectivity index (χ1n) is 4.70. The molecule has 0 aliphatic rings. The zero-order valence-corrected chi connectivity index (χ0v) is 12.5. The molecule has 0 aliphatic heterocycles. The highest BCUT2D eigenvalue weighted by Crippen LogP contribution is 2.22. The molecule has 0 N–H and O–H groups in total. The molecular weight excluding hydrogens is 355 g/mol. The molecule has 1 aromatic heterocycles. The lowest BCUT2D eigenvalue weighted by Crippen LogP contribution is -2.02. The van der Waals surface area contributed by atoms with Crippen LogP contribution in [0.4, 0.5) is 0 Å². The summed E-state index contributed by atoms with van der Waals surface area (Å²) in [5.41, 5.74) is 2.22. The highest BCUT2D eigenvalue weighted by atomic mass is 79.9. The summed E-state index contributed by atoms with van der Waals surface area (Å²) >= 11 is 12.9. The molecule has 2 rings (SSSR count). The Balaban J connectivity index is 2.30. The molecule has 0 aliphatic carbocycles. The molecule has 16 heavy (non-hydrogen) atoms. The van der Waals surface area contributed by atoms with E-state index in [2.05, 4.69) is 37.0 Å². The lowest BCUT2D eigenvalue weighted by Gasteiger charge is -2.06. The van der Waals surface area contributed by atoms with E-state index in [9.17, 15) is 0 Å². The summed E-state index contributed by atoms with van der Waals surface area (Å²) in [5, 5.41) is 5.07. The van der Waals surface area contributed by atoms with Crippen molar-refractivity contribution in [1.29, 1.82) is 0 Å². The second kappa shape index (κ2) is 4.90. The smallest absolute Gasteiger partial charge is 0.129 e. The van der Waals surface area contributed by atoms with E-state index < -0.39 is 0 Å². The summed E-state index contributed by atoms with van der Waals surface area (Å²) in [5.74, 6) is 0. The highest BCUT2D eigenvalue weighted by Gasteiger charge is 2.06. The summed E-state index contributed by atoms with van der Waals surface area (Å²) in [6.45, 7) is 2.68. The predicted octanol–water partition coefficient (Wildman–Crippen LogP) is 4.42. The molecule has 0 bridgehead atoms. The van der Waals surface area contributed by atoms with Crippen molar-refractivity contribution in [2.75, 3.05) is 0 Å². The fourth-order valence-corrected chi connectivity index (χ4v) is 2.85. The Morgan fingerprint density at radius 3 is 2.62 bits per heavy atom. The summed E-state index contributed by atoms with van der Waals surface area (Å²) in [6.07, 6.45) is 0. The highest BCUT2D eigenvalue weighted by molar-refractivity contribution is 9.11. The summed E-state index contributed by atoms with van der Waals surface area (Å²) in [7, 11) is 0. The van der Waals surface area contributed by atoms with Crippen LogP contribution in [0.3, 0.4) is 0 Å². The molecular formula is C11H9Br2ClN2. The van der Waals surface area contributed by atoms with E-state index in [1.807, 2.05) is 35.9 Å². The first-order chi connectivity index (χ1) is 7.56. The number of rotatable bonds is 2.